The highest BCUT2D eigenvalue weighted by molar-refractivity contribution is 5.86. The first-order valence-corrected chi connectivity index (χ1v) is 8.74. The Balaban J connectivity index is 2.03. The van der Waals surface area contributed by atoms with Crippen LogP contribution >= 0.6 is 0 Å². The molecule has 2 rings (SSSR count). The molecular formula is C18H28N4O3. The second-order valence-electron chi connectivity index (χ2n) is 5.78. The van der Waals surface area contributed by atoms with E-state index < -0.39 is 0 Å². The molecule has 0 saturated heterocycles. The van der Waals surface area contributed by atoms with E-state index in [1.165, 1.54) is 0 Å². The molecule has 0 aromatic heterocycles. The van der Waals surface area contributed by atoms with Crippen LogP contribution in [0.15, 0.2) is 23.2 Å². The minimum atomic E-state index is 0.0983. The van der Waals surface area contributed by atoms with Crippen LogP contribution in [0.25, 0.3) is 0 Å². The summed E-state index contributed by atoms with van der Waals surface area (Å²) in [5.74, 6) is 2.33. The predicted octanol–water partition coefficient (Wildman–Crippen LogP) is 1.68. The number of carbonyl (C=O) groups excluding carboxylic acids is 1. The Hall–Kier alpha value is -2.44. The summed E-state index contributed by atoms with van der Waals surface area (Å²) in [5.41, 5.74) is 1.03. The lowest BCUT2D eigenvalue weighted by Gasteiger charge is -2.25. The molecule has 0 atom stereocenters. The predicted molar refractivity (Wildman–Crippen MR) is 97.9 cm³/mol. The third kappa shape index (κ3) is 5.01. The van der Waals surface area contributed by atoms with Gasteiger partial charge in [-0.3, -0.25) is 4.79 Å². The van der Waals surface area contributed by atoms with E-state index in [1.54, 1.807) is 0 Å². The van der Waals surface area contributed by atoms with Gasteiger partial charge in [0.1, 0.15) is 0 Å². The number of carbonyl (C=O) groups is 1. The highest BCUT2D eigenvalue weighted by Crippen LogP contribution is 2.32. The quantitative estimate of drug-likeness (QED) is 0.600. The van der Waals surface area contributed by atoms with Gasteiger partial charge in [-0.2, -0.15) is 0 Å². The Labute approximate surface area is 149 Å². The standard InChI is InChI=1S/C18H28N4O3/c1-5-19-18(21(4)12-17(23)22(6-2)7-3)20-11-14-8-9-15-16(10-14)25-13-24-15/h8-10H,5-7,11-13H2,1-4H3,(H,19,20). The van der Waals surface area contributed by atoms with Crippen molar-refractivity contribution in [3.05, 3.63) is 23.8 Å². The molecule has 1 heterocycles. The lowest BCUT2D eigenvalue weighted by atomic mass is 10.2. The number of hydrogen-bond acceptors (Lipinski definition) is 4. The van der Waals surface area contributed by atoms with E-state index in [4.69, 9.17) is 9.47 Å². The Morgan fingerprint density at radius 1 is 1.20 bits per heavy atom. The van der Waals surface area contributed by atoms with Gasteiger partial charge in [0.15, 0.2) is 17.5 Å². The molecule has 7 heteroatoms. The zero-order valence-electron chi connectivity index (χ0n) is 15.5. The van der Waals surface area contributed by atoms with E-state index >= 15 is 0 Å². The fourth-order valence-corrected chi connectivity index (χ4v) is 2.63. The van der Waals surface area contributed by atoms with Crippen molar-refractivity contribution in [2.75, 3.05) is 40.0 Å². The highest BCUT2D eigenvalue weighted by atomic mass is 16.7. The summed E-state index contributed by atoms with van der Waals surface area (Å²) in [4.78, 5) is 20.6. The number of fused-ring (bicyclic) bond motifs is 1. The second kappa shape index (κ2) is 9.15. The number of hydrogen-bond donors (Lipinski definition) is 1. The van der Waals surface area contributed by atoms with Crippen LogP contribution in [-0.2, 0) is 11.3 Å². The molecule has 138 valence electrons. The molecule has 1 aliphatic rings. The average Bonchev–Trinajstić information content (AvgIpc) is 3.07. The number of amides is 1. The number of nitrogens with zero attached hydrogens (tertiary/aromatic N) is 3. The van der Waals surface area contributed by atoms with Crippen molar-refractivity contribution in [3.8, 4) is 11.5 Å². The largest absolute Gasteiger partial charge is 0.454 e. The highest BCUT2D eigenvalue weighted by Gasteiger charge is 2.16. The third-order valence-electron chi connectivity index (χ3n) is 4.03. The normalized spacial score (nSPS) is 12.9. The topological polar surface area (TPSA) is 66.4 Å². The van der Waals surface area contributed by atoms with Crippen molar-refractivity contribution in [1.29, 1.82) is 0 Å². The first-order valence-electron chi connectivity index (χ1n) is 8.74. The Kier molecular flexibility index (Phi) is 6.91. The maximum Gasteiger partial charge on any atom is 0.242 e. The molecule has 1 aromatic carbocycles. The van der Waals surface area contributed by atoms with E-state index in [1.807, 2.05) is 55.8 Å². The maximum absolute atomic E-state index is 12.3. The van der Waals surface area contributed by atoms with Crippen molar-refractivity contribution in [1.82, 2.24) is 15.1 Å². The minimum Gasteiger partial charge on any atom is -0.454 e. The SMILES string of the molecule is CCNC(=NCc1ccc2c(c1)OCO2)N(C)CC(=O)N(CC)CC. The van der Waals surface area contributed by atoms with Gasteiger partial charge in [-0.15, -0.1) is 0 Å². The van der Waals surface area contributed by atoms with E-state index in [0.717, 1.165) is 23.6 Å². The van der Waals surface area contributed by atoms with Gasteiger partial charge in [0.25, 0.3) is 0 Å². The van der Waals surface area contributed by atoms with Crippen LogP contribution in [0.3, 0.4) is 0 Å². The summed E-state index contributed by atoms with van der Waals surface area (Å²) in [7, 11) is 1.88. The van der Waals surface area contributed by atoms with Gasteiger partial charge in [-0.1, -0.05) is 6.07 Å². The second-order valence-corrected chi connectivity index (χ2v) is 5.78. The third-order valence-corrected chi connectivity index (χ3v) is 4.03. The van der Waals surface area contributed by atoms with Gasteiger partial charge in [-0.25, -0.2) is 4.99 Å². The zero-order chi connectivity index (χ0) is 18.2. The summed E-state index contributed by atoms with van der Waals surface area (Å²) in [5, 5.41) is 3.23. The van der Waals surface area contributed by atoms with Gasteiger partial charge in [-0.05, 0) is 38.5 Å². The number of rotatable bonds is 7. The van der Waals surface area contributed by atoms with E-state index in [9.17, 15) is 4.79 Å². The van der Waals surface area contributed by atoms with Gasteiger partial charge >= 0.3 is 0 Å². The van der Waals surface area contributed by atoms with Crippen LogP contribution in [-0.4, -0.2) is 61.7 Å². The van der Waals surface area contributed by atoms with Crippen molar-refractivity contribution in [3.63, 3.8) is 0 Å². The monoisotopic (exact) mass is 348 g/mol. The van der Waals surface area contributed by atoms with Crippen LogP contribution in [0.4, 0.5) is 0 Å². The number of benzene rings is 1. The first kappa shape index (κ1) is 18.9. The fourth-order valence-electron chi connectivity index (χ4n) is 2.63. The molecule has 7 nitrogen and oxygen atoms in total. The summed E-state index contributed by atoms with van der Waals surface area (Å²) in [6.07, 6.45) is 0. The number of aliphatic imine (C=N–C) groups is 1. The summed E-state index contributed by atoms with van der Waals surface area (Å²) >= 11 is 0. The van der Waals surface area contributed by atoms with Crippen LogP contribution in [0.1, 0.15) is 26.3 Å². The maximum atomic E-state index is 12.3. The van der Waals surface area contributed by atoms with Crippen molar-refractivity contribution < 1.29 is 14.3 Å². The number of likely N-dealkylation sites (N-methyl/N-ethyl adjacent to an activating group) is 2. The smallest absolute Gasteiger partial charge is 0.242 e. The Bertz CT molecular complexity index is 614. The van der Waals surface area contributed by atoms with Crippen LogP contribution in [0.2, 0.25) is 0 Å². The first-order chi connectivity index (χ1) is 12.1. The molecule has 0 aliphatic carbocycles. The number of guanidine groups is 1. The zero-order valence-corrected chi connectivity index (χ0v) is 15.5. The number of ether oxygens (including phenoxy) is 2. The molecule has 0 unspecified atom stereocenters. The molecule has 1 N–H and O–H groups in total. The minimum absolute atomic E-state index is 0.0983. The lowest BCUT2D eigenvalue weighted by Crippen LogP contribution is -2.45. The molecule has 0 bridgehead atoms. The van der Waals surface area contributed by atoms with Gasteiger partial charge in [0.2, 0.25) is 12.7 Å². The van der Waals surface area contributed by atoms with Crippen molar-refractivity contribution in [2.24, 2.45) is 4.99 Å². The summed E-state index contributed by atoms with van der Waals surface area (Å²) in [6, 6.07) is 5.81. The van der Waals surface area contributed by atoms with Crippen LogP contribution < -0.4 is 14.8 Å². The molecule has 25 heavy (non-hydrogen) atoms. The average molecular weight is 348 g/mol. The lowest BCUT2D eigenvalue weighted by molar-refractivity contribution is -0.131. The molecule has 0 saturated carbocycles. The molecule has 1 amide bonds. The molecule has 1 aliphatic heterocycles. The van der Waals surface area contributed by atoms with Gasteiger partial charge in [0.05, 0.1) is 13.1 Å². The fraction of sp³-hybridized carbons (Fsp3) is 0.556. The summed E-state index contributed by atoms with van der Waals surface area (Å²) in [6.45, 7) is 9.22. The van der Waals surface area contributed by atoms with Crippen LogP contribution in [0, 0.1) is 0 Å². The molecule has 0 spiro atoms. The Morgan fingerprint density at radius 2 is 1.92 bits per heavy atom. The van der Waals surface area contributed by atoms with Crippen molar-refractivity contribution in [2.45, 2.75) is 27.3 Å². The van der Waals surface area contributed by atoms with Crippen molar-refractivity contribution >= 4 is 11.9 Å². The molecule has 0 fully saturated rings. The number of nitrogens with one attached hydrogen (secondary N) is 1. The van der Waals surface area contributed by atoms with E-state index in [2.05, 4.69) is 10.3 Å². The Morgan fingerprint density at radius 3 is 2.60 bits per heavy atom. The van der Waals surface area contributed by atoms with Gasteiger partial charge < -0.3 is 24.6 Å². The molecule has 0 radical (unpaired) electrons. The molecule has 1 aromatic rings. The molecular weight excluding hydrogens is 320 g/mol. The van der Waals surface area contributed by atoms with E-state index in [-0.39, 0.29) is 12.7 Å². The van der Waals surface area contributed by atoms with E-state index in [0.29, 0.717) is 32.1 Å². The van der Waals surface area contributed by atoms with Crippen LogP contribution in [0.5, 0.6) is 11.5 Å². The summed E-state index contributed by atoms with van der Waals surface area (Å²) < 4.78 is 10.7. The van der Waals surface area contributed by atoms with Gasteiger partial charge in [0, 0.05) is 26.7 Å².